The van der Waals surface area contributed by atoms with E-state index in [1.807, 2.05) is 12.1 Å². The van der Waals surface area contributed by atoms with Crippen LogP contribution < -0.4 is 0 Å². The number of ether oxygens (including phenoxy) is 1. The zero-order valence-electron chi connectivity index (χ0n) is 7.22. The van der Waals surface area contributed by atoms with E-state index < -0.39 is 0 Å². The molecule has 0 bridgehead atoms. The summed E-state index contributed by atoms with van der Waals surface area (Å²) in [6.07, 6.45) is 2.13. The van der Waals surface area contributed by atoms with E-state index in [0.29, 0.717) is 0 Å². The SMILES string of the molecule is COCCCc1ccc(Cl)cc1. The van der Waals surface area contributed by atoms with Gasteiger partial charge in [0, 0.05) is 18.7 Å². The Hall–Kier alpha value is -0.530. The van der Waals surface area contributed by atoms with Gasteiger partial charge in [0.25, 0.3) is 0 Å². The maximum atomic E-state index is 5.75. The second kappa shape index (κ2) is 5.18. The van der Waals surface area contributed by atoms with E-state index in [1.54, 1.807) is 7.11 Å². The summed E-state index contributed by atoms with van der Waals surface area (Å²) in [6, 6.07) is 7.95. The standard InChI is InChI=1S/C10H13ClO/c1-12-8-2-3-9-4-6-10(11)7-5-9/h4-7H,2-3,8H2,1H3. The first-order valence-electron chi connectivity index (χ1n) is 4.06. The summed E-state index contributed by atoms with van der Waals surface area (Å²) in [7, 11) is 1.72. The molecular formula is C10H13ClO. The van der Waals surface area contributed by atoms with Gasteiger partial charge in [-0.3, -0.25) is 0 Å². The molecule has 0 fully saturated rings. The van der Waals surface area contributed by atoms with Crippen molar-refractivity contribution in [2.45, 2.75) is 12.8 Å². The van der Waals surface area contributed by atoms with E-state index in [1.165, 1.54) is 5.56 Å². The largest absolute Gasteiger partial charge is 0.385 e. The fraction of sp³-hybridized carbons (Fsp3) is 0.400. The molecule has 1 aromatic rings. The lowest BCUT2D eigenvalue weighted by molar-refractivity contribution is 0.195. The van der Waals surface area contributed by atoms with Crippen LogP contribution in [-0.2, 0) is 11.2 Å². The van der Waals surface area contributed by atoms with Crippen LogP contribution in [0.1, 0.15) is 12.0 Å². The molecule has 0 radical (unpaired) electrons. The van der Waals surface area contributed by atoms with Crippen molar-refractivity contribution in [2.75, 3.05) is 13.7 Å². The molecule has 0 saturated heterocycles. The zero-order chi connectivity index (χ0) is 8.81. The smallest absolute Gasteiger partial charge is 0.0465 e. The Morgan fingerprint density at radius 1 is 1.25 bits per heavy atom. The van der Waals surface area contributed by atoms with Gasteiger partial charge in [-0.1, -0.05) is 23.7 Å². The van der Waals surface area contributed by atoms with E-state index in [0.717, 1.165) is 24.5 Å². The van der Waals surface area contributed by atoms with Gasteiger partial charge >= 0.3 is 0 Å². The van der Waals surface area contributed by atoms with E-state index >= 15 is 0 Å². The summed E-state index contributed by atoms with van der Waals surface area (Å²) < 4.78 is 4.96. The zero-order valence-corrected chi connectivity index (χ0v) is 7.97. The third-order valence-corrected chi connectivity index (χ3v) is 1.98. The normalized spacial score (nSPS) is 10.2. The van der Waals surface area contributed by atoms with Crippen molar-refractivity contribution in [3.63, 3.8) is 0 Å². The van der Waals surface area contributed by atoms with Crippen molar-refractivity contribution >= 4 is 11.6 Å². The summed E-state index contributed by atoms with van der Waals surface area (Å²) in [5.41, 5.74) is 1.32. The number of aryl methyl sites for hydroxylation is 1. The Labute approximate surface area is 78.3 Å². The molecule has 0 amide bonds. The maximum absolute atomic E-state index is 5.75. The van der Waals surface area contributed by atoms with Gasteiger partial charge in [0.15, 0.2) is 0 Å². The van der Waals surface area contributed by atoms with Gasteiger partial charge in [0.2, 0.25) is 0 Å². The number of hydrogen-bond donors (Lipinski definition) is 0. The lowest BCUT2D eigenvalue weighted by Crippen LogP contribution is -1.91. The first-order chi connectivity index (χ1) is 5.83. The topological polar surface area (TPSA) is 9.23 Å². The van der Waals surface area contributed by atoms with Crippen molar-refractivity contribution < 1.29 is 4.74 Å². The number of methoxy groups -OCH3 is 1. The monoisotopic (exact) mass is 184 g/mol. The molecule has 0 N–H and O–H groups in total. The van der Waals surface area contributed by atoms with Gasteiger partial charge in [-0.2, -0.15) is 0 Å². The summed E-state index contributed by atoms with van der Waals surface area (Å²) in [5.74, 6) is 0. The van der Waals surface area contributed by atoms with Gasteiger partial charge < -0.3 is 4.74 Å². The van der Waals surface area contributed by atoms with E-state index in [9.17, 15) is 0 Å². The number of benzene rings is 1. The minimum absolute atomic E-state index is 0.797. The summed E-state index contributed by atoms with van der Waals surface area (Å²) >= 11 is 5.75. The number of hydrogen-bond acceptors (Lipinski definition) is 1. The van der Waals surface area contributed by atoms with Crippen molar-refractivity contribution in [1.82, 2.24) is 0 Å². The second-order valence-corrected chi connectivity index (χ2v) is 3.16. The average molecular weight is 185 g/mol. The fourth-order valence-electron chi connectivity index (χ4n) is 1.07. The predicted octanol–water partition coefficient (Wildman–Crippen LogP) is 2.92. The van der Waals surface area contributed by atoms with Crippen LogP contribution in [0.25, 0.3) is 0 Å². The average Bonchev–Trinajstić information content (AvgIpc) is 2.09. The summed E-state index contributed by atoms with van der Waals surface area (Å²) in [5, 5.41) is 0.797. The summed E-state index contributed by atoms with van der Waals surface area (Å²) in [4.78, 5) is 0. The van der Waals surface area contributed by atoms with Gasteiger partial charge in [-0.05, 0) is 30.5 Å². The Morgan fingerprint density at radius 2 is 1.92 bits per heavy atom. The molecule has 12 heavy (non-hydrogen) atoms. The highest BCUT2D eigenvalue weighted by atomic mass is 35.5. The molecule has 0 saturated carbocycles. The van der Waals surface area contributed by atoms with Crippen LogP contribution in [0.15, 0.2) is 24.3 Å². The van der Waals surface area contributed by atoms with Gasteiger partial charge in [0.05, 0.1) is 0 Å². The molecule has 0 heterocycles. The quantitative estimate of drug-likeness (QED) is 0.654. The highest BCUT2D eigenvalue weighted by Gasteiger charge is 1.92. The van der Waals surface area contributed by atoms with Crippen molar-refractivity contribution in [1.29, 1.82) is 0 Å². The third-order valence-electron chi connectivity index (χ3n) is 1.73. The maximum Gasteiger partial charge on any atom is 0.0465 e. The Bertz CT molecular complexity index is 218. The number of rotatable bonds is 4. The van der Waals surface area contributed by atoms with Crippen LogP contribution in [0, 0.1) is 0 Å². The molecule has 0 aromatic heterocycles. The minimum Gasteiger partial charge on any atom is -0.385 e. The lowest BCUT2D eigenvalue weighted by atomic mass is 10.1. The minimum atomic E-state index is 0.797. The van der Waals surface area contributed by atoms with E-state index in [2.05, 4.69) is 12.1 Å². The Kier molecular flexibility index (Phi) is 4.12. The molecule has 0 aliphatic heterocycles. The van der Waals surface area contributed by atoms with Crippen LogP contribution in [0.3, 0.4) is 0 Å². The van der Waals surface area contributed by atoms with Crippen LogP contribution in [0.2, 0.25) is 5.02 Å². The molecule has 0 aliphatic carbocycles. The predicted molar refractivity (Wildman–Crippen MR) is 51.6 cm³/mol. The Morgan fingerprint density at radius 3 is 2.50 bits per heavy atom. The molecule has 2 heteroatoms. The lowest BCUT2D eigenvalue weighted by Gasteiger charge is -2.00. The molecule has 66 valence electrons. The third kappa shape index (κ3) is 3.24. The number of halogens is 1. The van der Waals surface area contributed by atoms with Gasteiger partial charge in [-0.25, -0.2) is 0 Å². The van der Waals surface area contributed by atoms with Gasteiger partial charge in [-0.15, -0.1) is 0 Å². The highest BCUT2D eigenvalue weighted by molar-refractivity contribution is 6.30. The molecule has 1 aromatic carbocycles. The van der Waals surface area contributed by atoms with Crippen molar-refractivity contribution in [3.05, 3.63) is 34.9 Å². The van der Waals surface area contributed by atoms with Crippen molar-refractivity contribution in [2.24, 2.45) is 0 Å². The second-order valence-electron chi connectivity index (χ2n) is 2.72. The molecule has 1 nitrogen and oxygen atoms in total. The molecule has 0 spiro atoms. The first-order valence-corrected chi connectivity index (χ1v) is 4.44. The first kappa shape index (κ1) is 9.56. The van der Waals surface area contributed by atoms with E-state index in [-0.39, 0.29) is 0 Å². The summed E-state index contributed by atoms with van der Waals surface area (Å²) in [6.45, 7) is 0.822. The molecule has 1 rings (SSSR count). The molecule has 0 unspecified atom stereocenters. The van der Waals surface area contributed by atoms with Gasteiger partial charge in [0.1, 0.15) is 0 Å². The van der Waals surface area contributed by atoms with Crippen LogP contribution in [0.4, 0.5) is 0 Å². The fourth-order valence-corrected chi connectivity index (χ4v) is 1.20. The van der Waals surface area contributed by atoms with Crippen LogP contribution in [-0.4, -0.2) is 13.7 Å². The molecular weight excluding hydrogens is 172 g/mol. The van der Waals surface area contributed by atoms with E-state index in [4.69, 9.17) is 16.3 Å². The molecule has 0 aliphatic rings. The highest BCUT2D eigenvalue weighted by Crippen LogP contribution is 2.10. The van der Waals surface area contributed by atoms with Crippen LogP contribution >= 0.6 is 11.6 Å². The van der Waals surface area contributed by atoms with Crippen LogP contribution in [0.5, 0.6) is 0 Å². The Balaban J connectivity index is 2.37. The molecule has 0 atom stereocenters. The van der Waals surface area contributed by atoms with Crippen molar-refractivity contribution in [3.8, 4) is 0 Å².